The van der Waals surface area contributed by atoms with Crippen LogP contribution in [-0.2, 0) is 5.41 Å². The topological polar surface area (TPSA) is 114 Å². The predicted molar refractivity (Wildman–Crippen MR) is 204 cm³/mol. The molecule has 13 heteroatoms. The number of fused-ring (bicyclic) bond motifs is 2. The molecule has 4 heterocycles. The van der Waals surface area contributed by atoms with Crippen molar-refractivity contribution in [3.8, 4) is 17.2 Å². The van der Waals surface area contributed by atoms with Crippen molar-refractivity contribution in [2.24, 2.45) is 0 Å². The van der Waals surface area contributed by atoms with Gasteiger partial charge in [-0.1, -0.05) is 45.0 Å². The quantitative estimate of drug-likeness (QED) is 0.153. The van der Waals surface area contributed by atoms with E-state index in [0.29, 0.717) is 49.3 Å². The number of ether oxygens (including phenoxy) is 2. The molecule has 1 fully saturated rings. The van der Waals surface area contributed by atoms with Gasteiger partial charge >= 0.3 is 6.03 Å². The van der Waals surface area contributed by atoms with E-state index in [-0.39, 0.29) is 23.6 Å². The molecular formula is C40H50FN9O3. The molecular weight excluding hydrogens is 673 g/mol. The summed E-state index contributed by atoms with van der Waals surface area (Å²) in [4.78, 5) is 18.0. The number of aromatic nitrogens is 5. The summed E-state index contributed by atoms with van der Waals surface area (Å²) in [5, 5.41) is 19.9. The molecule has 1 unspecified atom stereocenters. The number of hydrogen-bond donors (Lipinski definition) is 2. The zero-order chi connectivity index (χ0) is 37.3. The van der Waals surface area contributed by atoms with Gasteiger partial charge in [0.05, 0.1) is 23.6 Å². The third-order valence-corrected chi connectivity index (χ3v) is 10.1. The Morgan fingerprint density at radius 1 is 0.981 bits per heavy atom. The molecule has 0 spiro atoms. The molecule has 3 atom stereocenters. The fourth-order valence-corrected chi connectivity index (χ4v) is 7.15. The van der Waals surface area contributed by atoms with Crippen molar-refractivity contribution in [1.29, 1.82) is 0 Å². The van der Waals surface area contributed by atoms with Crippen LogP contribution in [0.5, 0.6) is 11.5 Å². The van der Waals surface area contributed by atoms with Crippen molar-refractivity contribution >= 4 is 23.4 Å². The van der Waals surface area contributed by atoms with Crippen LogP contribution in [-0.4, -0.2) is 75.1 Å². The summed E-state index contributed by atoms with van der Waals surface area (Å²) in [7, 11) is 3.90. The van der Waals surface area contributed by atoms with Crippen LogP contribution >= 0.6 is 0 Å². The van der Waals surface area contributed by atoms with Crippen molar-refractivity contribution < 1.29 is 18.7 Å². The highest BCUT2D eigenvalue weighted by molar-refractivity contribution is 5.89. The highest BCUT2D eigenvalue weighted by Gasteiger charge is 2.31. The average molecular weight is 724 g/mol. The second-order valence-electron chi connectivity index (χ2n) is 15.5. The maximum atomic E-state index is 14.9. The van der Waals surface area contributed by atoms with Crippen molar-refractivity contribution in [3.63, 3.8) is 0 Å². The molecule has 7 rings (SSSR count). The van der Waals surface area contributed by atoms with E-state index in [9.17, 15) is 9.18 Å². The molecule has 2 amide bonds. The van der Waals surface area contributed by atoms with E-state index in [2.05, 4.69) is 38.7 Å². The minimum absolute atomic E-state index is 0.198. The van der Waals surface area contributed by atoms with Crippen molar-refractivity contribution in [1.82, 2.24) is 34.6 Å². The van der Waals surface area contributed by atoms with Gasteiger partial charge < -0.3 is 24.6 Å². The Bertz CT molecular complexity index is 2070. The number of pyridine rings is 1. The van der Waals surface area contributed by atoms with E-state index >= 15 is 0 Å². The lowest BCUT2D eigenvalue weighted by molar-refractivity contribution is 0.171. The number of benzene rings is 2. The number of rotatable bonds is 10. The number of amides is 2. The van der Waals surface area contributed by atoms with E-state index in [1.54, 1.807) is 10.7 Å². The van der Waals surface area contributed by atoms with Crippen molar-refractivity contribution in [2.45, 2.75) is 83.4 Å². The number of piperidine rings is 1. The molecule has 0 saturated carbocycles. The van der Waals surface area contributed by atoms with Gasteiger partial charge in [0.2, 0.25) is 5.95 Å². The number of nitrogens with one attached hydrogen (secondary N) is 2. The molecule has 5 aromatic rings. The van der Waals surface area contributed by atoms with Gasteiger partial charge in [-0.05, 0) is 82.4 Å². The summed E-state index contributed by atoms with van der Waals surface area (Å²) in [5.41, 5.74) is 3.69. The fourth-order valence-electron chi connectivity index (χ4n) is 7.15. The number of likely N-dealkylation sites (N-methyl/N-ethyl adjacent to an activating group) is 1. The van der Waals surface area contributed by atoms with Crippen LogP contribution in [0, 0.1) is 5.82 Å². The van der Waals surface area contributed by atoms with E-state index in [1.165, 1.54) is 18.6 Å². The molecule has 2 aliphatic rings. The smallest absolute Gasteiger partial charge is 0.320 e. The molecule has 2 N–H and O–H groups in total. The molecule has 1 aliphatic carbocycles. The summed E-state index contributed by atoms with van der Waals surface area (Å²) in [6, 6.07) is 18.1. The van der Waals surface area contributed by atoms with Gasteiger partial charge in [0.25, 0.3) is 0 Å². The molecule has 53 heavy (non-hydrogen) atoms. The monoisotopic (exact) mass is 723 g/mol. The lowest BCUT2D eigenvalue weighted by Crippen LogP contribution is -2.38. The van der Waals surface area contributed by atoms with Crippen LogP contribution in [0.2, 0.25) is 0 Å². The van der Waals surface area contributed by atoms with Crippen LogP contribution < -0.4 is 25.0 Å². The number of carbonyl (C=O) groups is 1. The first-order valence-corrected chi connectivity index (χ1v) is 18.6. The highest BCUT2D eigenvalue weighted by Crippen LogP contribution is 2.39. The van der Waals surface area contributed by atoms with E-state index in [1.807, 2.05) is 86.8 Å². The van der Waals surface area contributed by atoms with Crippen LogP contribution in [0.4, 0.5) is 21.0 Å². The van der Waals surface area contributed by atoms with E-state index in [0.717, 1.165) is 53.6 Å². The van der Waals surface area contributed by atoms with Crippen LogP contribution in [0.1, 0.15) is 88.8 Å². The second kappa shape index (κ2) is 15.1. The first-order chi connectivity index (χ1) is 25.4. The number of nitrogens with zero attached hydrogens (tertiary/aromatic N) is 7. The van der Waals surface area contributed by atoms with Crippen molar-refractivity contribution in [3.05, 3.63) is 89.5 Å². The maximum Gasteiger partial charge on any atom is 0.320 e. The first kappa shape index (κ1) is 36.2. The normalized spacial score (nSPS) is 18.9. The molecule has 280 valence electrons. The SMILES string of the molecule is CC1CCCCN1c1nnc2ccc(O[C@@H]3CC[C@H](NC(=O)Nc4cc(C(C)(C)C)nn4-c4cc(F)cc(OCCN(C)C)c4)c4ccccc43)cn12. The average Bonchev–Trinajstić information content (AvgIpc) is 3.74. The number of halogens is 1. The van der Waals surface area contributed by atoms with Gasteiger partial charge in [-0.3, -0.25) is 9.72 Å². The summed E-state index contributed by atoms with van der Waals surface area (Å²) in [5.74, 6) is 1.93. The first-order valence-electron chi connectivity index (χ1n) is 18.6. The summed E-state index contributed by atoms with van der Waals surface area (Å²) < 4.78 is 30.9. The molecule has 0 bridgehead atoms. The number of hydrogen-bond acceptors (Lipinski definition) is 8. The lowest BCUT2D eigenvalue weighted by atomic mass is 9.85. The molecule has 12 nitrogen and oxygen atoms in total. The van der Waals surface area contributed by atoms with E-state index in [4.69, 9.17) is 14.6 Å². The Balaban J connectivity index is 1.08. The Morgan fingerprint density at radius 2 is 1.79 bits per heavy atom. The third-order valence-electron chi connectivity index (χ3n) is 10.1. The van der Waals surface area contributed by atoms with Gasteiger partial charge in [-0.25, -0.2) is 13.9 Å². The number of carbonyl (C=O) groups excluding carboxylic acids is 1. The third kappa shape index (κ3) is 8.09. The van der Waals surface area contributed by atoms with Crippen molar-refractivity contribution in [2.75, 3.05) is 44.0 Å². The van der Waals surface area contributed by atoms with Gasteiger partial charge in [0, 0.05) is 42.7 Å². The summed E-state index contributed by atoms with van der Waals surface area (Å²) in [6.07, 6.45) is 6.67. The Hall–Kier alpha value is -5.17. The largest absolute Gasteiger partial charge is 0.492 e. The minimum Gasteiger partial charge on any atom is -0.492 e. The Kier molecular flexibility index (Phi) is 10.3. The molecule has 2 aromatic carbocycles. The standard InChI is InChI=1S/C40H50FN9O3/c1-26-11-9-10-18-48(26)39-45-44-36-17-14-29(25-49(36)39)53-34-16-15-33(31-12-7-8-13-32(31)34)42-38(51)43-37-24-35(40(2,3)4)46-50(37)28-21-27(41)22-30(23-28)52-20-19-47(5)6/h7-8,12-14,17,21-26,33-34H,9-11,15-16,18-20H2,1-6H3,(H2,42,43,51)/t26?,33-,34+/m0/s1. The van der Waals surface area contributed by atoms with Gasteiger partial charge in [0.1, 0.15) is 35.8 Å². The minimum atomic E-state index is -0.459. The second-order valence-corrected chi connectivity index (χ2v) is 15.5. The van der Waals surface area contributed by atoms with E-state index < -0.39 is 5.82 Å². The molecule has 0 radical (unpaired) electrons. The van der Waals surface area contributed by atoms with Crippen LogP contribution in [0.3, 0.4) is 0 Å². The van der Waals surface area contributed by atoms with Crippen LogP contribution in [0.25, 0.3) is 11.3 Å². The van der Waals surface area contributed by atoms with Gasteiger partial charge in [-0.2, -0.15) is 5.10 Å². The van der Waals surface area contributed by atoms with Gasteiger partial charge in [0.15, 0.2) is 5.65 Å². The Morgan fingerprint density at radius 3 is 2.57 bits per heavy atom. The zero-order valence-electron chi connectivity index (χ0n) is 31.5. The molecule has 3 aromatic heterocycles. The predicted octanol–water partition coefficient (Wildman–Crippen LogP) is 7.45. The fraction of sp³-hybridized carbons (Fsp3) is 0.450. The summed E-state index contributed by atoms with van der Waals surface area (Å²) >= 11 is 0. The molecule has 1 aliphatic heterocycles. The number of anilines is 2. The lowest BCUT2D eigenvalue weighted by Gasteiger charge is -2.33. The Labute approximate surface area is 310 Å². The highest BCUT2D eigenvalue weighted by atomic mass is 19.1. The van der Waals surface area contributed by atoms with Gasteiger partial charge in [-0.15, -0.1) is 10.2 Å². The number of urea groups is 1. The summed E-state index contributed by atoms with van der Waals surface area (Å²) in [6.45, 7) is 10.4. The molecule has 1 saturated heterocycles. The zero-order valence-corrected chi connectivity index (χ0v) is 31.5. The van der Waals surface area contributed by atoms with Crippen LogP contribution in [0.15, 0.2) is 66.9 Å². The maximum absolute atomic E-state index is 14.9.